The number of ether oxygens (including phenoxy) is 2. The van der Waals surface area contributed by atoms with Gasteiger partial charge in [-0.05, 0) is 80.5 Å². The third kappa shape index (κ3) is 5.05. The number of hydrogen-bond acceptors (Lipinski definition) is 4. The summed E-state index contributed by atoms with van der Waals surface area (Å²) in [6, 6.07) is 24.9. The SMILES string of the molecule is CC(C)(C)OC(=O)C1CC1c1ccc2c(c1)CCN(c1cccc(Oc3ccccc3)c1)C2. The third-order valence-corrected chi connectivity index (χ3v) is 6.33. The smallest absolute Gasteiger partial charge is 0.310 e. The summed E-state index contributed by atoms with van der Waals surface area (Å²) in [5.41, 5.74) is 4.78. The number of anilines is 1. The molecule has 5 rings (SSSR count). The molecule has 0 saturated heterocycles. The largest absolute Gasteiger partial charge is 0.460 e. The van der Waals surface area contributed by atoms with Crippen molar-refractivity contribution in [3.8, 4) is 11.5 Å². The number of carbonyl (C=O) groups excluding carboxylic acids is 1. The minimum absolute atomic E-state index is 0.00900. The molecule has 4 nitrogen and oxygen atoms in total. The highest BCUT2D eigenvalue weighted by Crippen LogP contribution is 2.49. The molecule has 33 heavy (non-hydrogen) atoms. The number of nitrogens with zero attached hydrogens (tertiary/aromatic N) is 1. The highest BCUT2D eigenvalue weighted by Gasteiger charge is 2.46. The lowest BCUT2D eigenvalue weighted by molar-refractivity contribution is -0.156. The van der Waals surface area contributed by atoms with Crippen LogP contribution in [-0.2, 0) is 22.5 Å². The lowest BCUT2D eigenvalue weighted by Gasteiger charge is -2.31. The second-order valence-corrected chi connectivity index (χ2v) is 10.1. The first-order valence-corrected chi connectivity index (χ1v) is 11.8. The Morgan fingerprint density at radius 2 is 1.70 bits per heavy atom. The maximum Gasteiger partial charge on any atom is 0.310 e. The minimum atomic E-state index is -0.424. The fourth-order valence-electron chi connectivity index (χ4n) is 4.59. The quantitative estimate of drug-likeness (QED) is 0.424. The van der Waals surface area contributed by atoms with Crippen LogP contribution in [0.1, 0.15) is 49.8 Å². The molecule has 0 radical (unpaired) electrons. The number of fused-ring (bicyclic) bond motifs is 1. The summed E-state index contributed by atoms with van der Waals surface area (Å²) in [4.78, 5) is 14.8. The first-order valence-electron chi connectivity index (χ1n) is 11.8. The molecule has 2 aliphatic rings. The second kappa shape index (κ2) is 8.58. The number of benzene rings is 3. The standard InChI is InChI=1S/C29H31NO3/c1-29(2,3)33-28(31)27-18-26(27)21-12-13-22-19-30(15-14-20(22)16-21)23-8-7-11-25(17-23)32-24-9-5-4-6-10-24/h4-13,16-17,26-27H,14-15,18-19H2,1-3H3. The highest BCUT2D eigenvalue weighted by atomic mass is 16.6. The molecule has 0 bridgehead atoms. The van der Waals surface area contributed by atoms with Gasteiger partial charge in [-0.3, -0.25) is 4.79 Å². The Balaban J connectivity index is 1.25. The molecule has 1 aliphatic heterocycles. The van der Waals surface area contributed by atoms with Gasteiger partial charge in [-0.1, -0.05) is 42.5 Å². The summed E-state index contributed by atoms with van der Waals surface area (Å²) in [5.74, 6) is 1.94. The molecule has 1 fully saturated rings. The molecular weight excluding hydrogens is 410 g/mol. The van der Waals surface area contributed by atoms with E-state index in [1.807, 2.05) is 57.2 Å². The van der Waals surface area contributed by atoms with Gasteiger partial charge in [0.2, 0.25) is 0 Å². The summed E-state index contributed by atoms with van der Waals surface area (Å²) in [5, 5.41) is 0. The molecule has 3 aromatic carbocycles. The molecule has 0 N–H and O–H groups in total. The van der Waals surface area contributed by atoms with Gasteiger partial charge in [-0.2, -0.15) is 0 Å². The maximum absolute atomic E-state index is 12.4. The van der Waals surface area contributed by atoms with E-state index in [0.717, 1.165) is 37.4 Å². The monoisotopic (exact) mass is 441 g/mol. The Hall–Kier alpha value is -3.27. The fourth-order valence-corrected chi connectivity index (χ4v) is 4.59. The molecule has 3 aromatic rings. The van der Waals surface area contributed by atoms with Crippen LogP contribution < -0.4 is 9.64 Å². The number of rotatable bonds is 5. The highest BCUT2D eigenvalue weighted by molar-refractivity contribution is 5.77. The van der Waals surface area contributed by atoms with E-state index in [9.17, 15) is 4.79 Å². The minimum Gasteiger partial charge on any atom is -0.460 e. The topological polar surface area (TPSA) is 38.8 Å². The van der Waals surface area contributed by atoms with Crippen LogP contribution in [0.5, 0.6) is 11.5 Å². The Bertz CT molecular complexity index is 1150. The Kier molecular flexibility index (Phi) is 5.61. The number of hydrogen-bond donors (Lipinski definition) is 0. The Labute approximate surface area is 196 Å². The molecule has 170 valence electrons. The van der Waals surface area contributed by atoms with Crippen LogP contribution >= 0.6 is 0 Å². The van der Waals surface area contributed by atoms with E-state index >= 15 is 0 Å². The molecule has 0 aromatic heterocycles. The lowest BCUT2D eigenvalue weighted by Crippen LogP contribution is -2.30. The van der Waals surface area contributed by atoms with Gasteiger partial charge in [0.05, 0.1) is 5.92 Å². The first kappa shape index (κ1) is 21.6. The van der Waals surface area contributed by atoms with Crippen molar-refractivity contribution in [1.82, 2.24) is 0 Å². The van der Waals surface area contributed by atoms with Crippen molar-refractivity contribution in [3.63, 3.8) is 0 Å². The van der Waals surface area contributed by atoms with Crippen LogP contribution in [0.4, 0.5) is 5.69 Å². The molecule has 1 saturated carbocycles. The van der Waals surface area contributed by atoms with E-state index in [0.29, 0.717) is 5.92 Å². The zero-order chi connectivity index (χ0) is 23.0. The average Bonchev–Trinajstić information content (AvgIpc) is 3.59. The zero-order valence-corrected chi connectivity index (χ0v) is 19.6. The van der Waals surface area contributed by atoms with Crippen LogP contribution in [0.2, 0.25) is 0 Å². The molecule has 1 heterocycles. The second-order valence-electron chi connectivity index (χ2n) is 10.1. The lowest BCUT2D eigenvalue weighted by atomic mass is 9.95. The van der Waals surface area contributed by atoms with Gasteiger partial charge in [-0.15, -0.1) is 0 Å². The van der Waals surface area contributed by atoms with Gasteiger partial charge in [0.15, 0.2) is 0 Å². The van der Waals surface area contributed by atoms with E-state index in [1.165, 1.54) is 22.4 Å². The maximum atomic E-state index is 12.4. The first-order chi connectivity index (χ1) is 15.9. The van der Waals surface area contributed by atoms with Crippen molar-refractivity contribution in [1.29, 1.82) is 0 Å². The summed E-state index contributed by atoms with van der Waals surface area (Å²) in [6.45, 7) is 7.62. The normalized spacial score (nSPS) is 19.5. The van der Waals surface area contributed by atoms with Crippen LogP contribution in [0.25, 0.3) is 0 Å². The van der Waals surface area contributed by atoms with E-state index in [-0.39, 0.29) is 11.9 Å². The van der Waals surface area contributed by atoms with Gasteiger partial charge in [0, 0.05) is 24.8 Å². The van der Waals surface area contributed by atoms with E-state index in [1.54, 1.807) is 0 Å². The summed E-state index contributed by atoms with van der Waals surface area (Å²) >= 11 is 0. The molecule has 1 aliphatic carbocycles. The van der Waals surface area contributed by atoms with Gasteiger partial charge < -0.3 is 14.4 Å². The molecular formula is C29H31NO3. The summed E-state index contributed by atoms with van der Waals surface area (Å²) in [6.07, 6.45) is 1.89. The van der Waals surface area contributed by atoms with Crippen molar-refractivity contribution < 1.29 is 14.3 Å². The van der Waals surface area contributed by atoms with E-state index in [4.69, 9.17) is 9.47 Å². The average molecular weight is 442 g/mol. The van der Waals surface area contributed by atoms with E-state index in [2.05, 4.69) is 41.3 Å². The van der Waals surface area contributed by atoms with Gasteiger partial charge in [0.25, 0.3) is 0 Å². The molecule has 0 spiro atoms. The Morgan fingerprint density at radius 3 is 2.48 bits per heavy atom. The summed E-state index contributed by atoms with van der Waals surface area (Å²) < 4.78 is 11.6. The van der Waals surface area contributed by atoms with Crippen molar-refractivity contribution in [3.05, 3.63) is 89.5 Å². The van der Waals surface area contributed by atoms with Crippen LogP contribution in [0, 0.1) is 5.92 Å². The molecule has 2 atom stereocenters. The number of para-hydroxylation sites is 1. The summed E-state index contributed by atoms with van der Waals surface area (Å²) in [7, 11) is 0. The van der Waals surface area contributed by atoms with Gasteiger partial charge in [0.1, 0.15) is 17.1 Å². The van der Waals surface area contributed by atoms with Crippen LogP contribution in [-0.4, -0.2) is 18.1 Å². The molecule has 0 amide bonds. The molecule has 2 unspecified atom stereocenters. The van der Waals surface area contributed by atoms with Crippen molar-refractivity contribution in [2.75, 3.05) is 11.4 Å². The van der Waals surface area contributed by atoms with Crippen LogP contribution in [0.15, 0.2) is 72.8 Å². The number of esters is 1. The predicted octanol–water partition coefficient (Wildman–Crippen LogP) is 6.49. The van der Waals surface area contributed by atoms with E-state index < -0.39 is 5.60 Å². The van der Waals surface area contributed by atoms with Gasteiger partial charge >= 0.3 is 5.97 Å². The van der Waals surface area contributed by atoms with Crippen LogP contribution in [0.3, 0.4) is 0 Å². The fraction of sp³-hybridized carbons (Fsp3) is 0.345. The Morgan fingerprint density at radius 1 is 0.909 bits per heavy atom. The predicted molar refractivity (Wildman–Crippen MR) is 131 cm³/mol. The molecule has 4 heteroatoms. The van der Waals surface area contributed by atoms with Gasteiger partial charge in [-0.25, -0.2) is 0 Å². The van der Waals surface area contributed by atoms with Crippen molar-refractivity contribution >= 4 is 11.7 Å². The number of carbonyl (C=O) groups is 1. The van der Waals surface area contributed by atoms with Crippen molar-refractivity contribution in [2.45, 2.75) is 51.7 Å². The van der Waals surface area contributed by atoms with Crippen molar-refractivity contribution in [2.24, 2.45) is 5.92 Å². The zero-order valence-electron chi connectivity index (χ0n) is 19.6. The third-order valence-electron chi connectivity index (χ3n) is 6.33.